The second kappa shape index (κ2) is 5.05. The first-order chi connectivity index (χ1) is 8.20. The van der Waals surface area contributed by atoms with Crippen molar-refractivity contribution in [1.82, 2.24) is 20.2 Å². The minimum Gasteiger partial charge on any atom is -0.330 e. The molecule has 90 valence electrons. The summed E-state index contributed by atoms with van der Waals surface area (Å²) in [7, 11) is 0. The molecule has 0 amide bonds. The molecule has 1 aromatic heterocycles. The normalized spacial score (nSPS) is 10.8. The van der Waals surface area contributed by atoms with E-state index in [1.807, 2.05) is 0 Å². The Labute approximate surface area is 101 Å². The van der Waals surface area contributed by atoms with E-state index in [0.29, 0.717) is 6.54 Å². The highest BCUT2D eigenvalue weighted by Crippen LogP contribution is 2.14. The molecule has 0 unspecified atom stereocenters. The van der Waals surface area contributed by atoms with Crippen LogP contribution in [0.5, 0.6) is 0 Å². The summed E-state index contributed by atoms with van der Waals surface area (Å²) in [5.74, 6) is 0.862. The highest BCUT2D eigenvalue weighted by atomic mass is 15.5. The largest absolute Gasteiger partial charge is 0.330 e. The maximum absolute atomic E-state index is 5.50. The van der Waals surface area contributed by atoms with E-state index in [1.165, 1.54) is 11.1 Å². The third kappa shape index (κ3) is 2.68. The Hall–Kier alpha value is -1.75. The van der Waals surface area contributed by atoms with E-state index in [1.54, 1.807) is 4.68 Å². The van der Waals surface area contributed by atoms with Gasteiger partial charge < -0.3 is 5.73 Å². The molecule has 1 heterocycles. The van der Waals surface area contributed by atoms with Crippen molar-refractivity contribution in [3.8, 4) is 5.69 Å². The van der Waals surface area contributed by atoms with E-state index in [-0.39, 0.29) is 0 Å². The average molecular weight is 231 g/mol. The molecule has 0 fully saturated rings. The summed E-state index contributed by atoms with van der Waals surface area (Å²) in [5.41, 5.74) is 8.93. The van der Waals surface area contributed by atoms with Gasteiger partial charge in [-0.2, -0.15) is 4.68 Å². The fourth-order valence-corrected chi connectivity index (χ4v) is 1.90. The molecule has 0 radical (unpaired) electrons. The number of tetrazole rings is 1. The Morgan fingerprint density at radius 3 is 2.53 bits per heavy atom. The van der Waals surface area contributed by atoms with Crippen LogP contribution in [0.1, 0.15) is 23.4 Å². The Morgan fingerprint density at radius 2 is 1.88 bits per heavy atom. The van der Waals surface area contributed by atoms with Crippen LogP contribution in [0.4, 0.5) is 0 Å². The molecule has 0 aliphatic rings. The fraction of sp³-hybridized carbons (Fsp3) is 0.417. The number of nitrogens with zero attached hydrogens (tertiary/aromatic N) is 4. The third-order valence-electron chi connectivity index (χ3n) is 2.59. The zero-order chi connectivity index (χ0) is 12.3. The summed E-state index contributed by atoms with van der Waals surface area (Å²) in [6.45, 7) is 4.79. The summed E-state index contributed by atoms with van der Waals surface area (Å²) in [6, 6.07) is 6.29. The van der Waals surface area contributed by atoms with E-state index in [9.17, 15) is 0 Å². The number of hydrogen-bond donors (Lipinski definition) is 1. The molecule has 0 aliphatic carbocycles. The van der Waals surface area contributed by atoms with Crippen molar-refractivity contribution in [2.45, 2.75) is 26.7 Å². The van der Waals surface area contributed by atoms with Gasteiger partial charge in [0, 0.05) is 6.42 Å². The topological polar surface area (TPSA) is 69.6 Å². The molecule has 2 N–H and O–H groups in total. The molecule has 2 aromatic rings. The van der Waals surface area contributed by atoms with Crippen molar-refractivity contribution in [3.05, 3.63) is 35.2 Å². The molecule has 0 spiro atoms. The summed E-state index contributed by atoms with van der Waals surface area (Å²) in [5, 5.41) is 11.8. The lowest BCUT2D eigenvalue weighted by Crippen LogP contribution is -2.07. The van der Waals surface area contributed by atoms with Gasteiger partial charge in [-0.15, -0.1) is 5.10 Å². The first kappa shape index (κ1) is 11.7. The molecule has 5 nitrogen and oxygen atoms in total. The molecule has 0 atom stereocenters. The fourth-order valence-electron chi connectivity index (χ4n) is 1.90. The molecule has 0 saturated carbocycles. The van der Waals surface area contributed by atoms with Gasteiger partial charge in [-0.3, -0.25) is 0 Å². The molecule has 2 rings (SSSR count). The first-order valence-electron chi connectivity index (χ1n) is 5.76. The Kier molecular flexibility index (Phi) is 3.49. The van der Waals surface area contributed by atoms with Crippen LogP contribution in [-0.2, 0) is 6.42 Å². The lowest BCUT2D eigenvalue weighted by atomic mass is 10.1. The van der Waals surface area contributed by atoms with E-state index in [4.69, 9.17) is 5.73 Å². The molecule has 0 bridgehead atoms. The van der Waals surface area contributed by atoms with Crippen molar-refractivity contribution < 1.29 is 0 Å². The van der Waals surface area contributed by atoms with Crippen LogP contribution < -0.4 is 5.73 Å². The predicted octanol–water partition coefficient (Wildman–Crippen LogP) is 1.17. The summed E-state index contributed by atoms with van der Waals surface area (Å²) >= 11 is 0. The SMILES string of the molecule is Cc1cc(C)cc(-n2nnnc2CCCN)c1. The second-order valence-corrected chi connectivity index (χ2v) is 4.25. The molecular formula is C12H17N5. The van der Waals surface area contributed by atoms with Crippen molar-refractivity contribution in [1.29, 1.82) is 0 Å². The summed E-state index contributed by atoms with van der Waals surface area (Å²) in [6.07, 6.45) is 1.70. The Morgan fingerprint density at radius 1 is 1.18 bits per heavy atom. The van der Waals surface area contributed by atoms with Crippen LogP contribution in [0.15, 0.2) is 18.2 Å². The Balaban J connectivity index is 2.35. The molecule has 5 heteroatoms. The minimum atomic E-state index is 0.652. The lowest BCUT2D eigenvalue weighted by molar-refractivity contribution is 0.726. The van der Waals surface area contributed by atoms with E-state index in [0.717, 1.165) is 24.4 Å². The second-order valence-electron chi connectivity index (χ2n) is 4.25. The highest BCUT2D eigenvalue weighted by Gasteiger charge is 2.08. The van der Waals surface area contributed by atoms with Crippen molar-refractivity contribution in [2.24, 2.45) is 5.73 Å². The molecule has 17 heavy (non-hydrogen) atoms. The first-order valence-corrected chi connectivity index (χ1v) is 5.76. The highest BCUT2D eigenvalue weighted by molar-refractivity contribution is 5.39. The number of hydrogen-bond acceptors (Lipinski definition) is 4. The van der Waals surface area contributed by atoms with Gasteiger partial charge in [-0.05, 0) is 60.5 Å². The number of rotatable bonds is 4. The van der Waals surface area contributed by atoms with Crippen molar-refractivity contribution in [3.63, 3.8) is 0 Å². The minimum absolute atomic E-state index is 0.652. The van der Waals surface area contributed by atoms with E-state index in [2.05, 4.69) is 47.6 Å². The van der Waals surface area contributed by atoms with Gasteiger partial charge in [-0.25, -0.2) is 0 Å². The number of benzene rings is 1. The third-order valence-corrected chi connectivity index (χ3v) is 2.59. The zero-order valence-corrected chi connectivity index (χ0v) is 10.2. The van der Waals surface area contributed by atoms with Gasteiger partial charge >= 0.3 is 0 Å². The van der Waals surface area contributed by atoms with Crippen LogP contribution >= 0.6 is 0 Å². The summed E-state index contributed by atoms with van der Waals surface area (Å²) < 4.78 is 1.79. The maximum Gasteiger partial charge on any atom is 0.156 e. The number of aromatic nitrogens is 4. The number of aryl methyl sites for hydroxylation is 3. The van der Waals surface area contributed by atoms with Crippen LogP contribution in [-0.4, -0.2) is 26.8 Å². The Bertz CT molecular complexity index is 483. The van der Waals surface area contributed by atoms with Crippen molar-refractivity contribution in [2.75, 3.05) is 6.54 Å². The monoisotopic (exact) mass is 231 g/mol. The van der Waals surface area contributed by atoms with Crippen LogP contribution in [0.2, 0.25) is 0 Å². The lowest BCUT2D eigenvalue weighted by Gasteiger charge is -2.06. The van der Waals surface area contributed by atoms with Gasteiger partial charge in [0.25, 0.3) is 0 Å². The zero-order valence-electron chi connectivity index (χ0n) is 10.2. The van der Waals surface area contributed by atoms with E-state index >= 15 is 0 Å². The van der Waals surface area contributed by atoms with Gasteiger partial charge in [0.15, 0.2) is 5.82 Å². The van der Waals surface area contributed by atoms with Gasteiger partial charge in [-0.1, -0.05) is 6.07 Å². The smallest absolute Gasteiger partial charge is 0.156 e. The molecule has 1 aromatic carbocycles. The summed E-state index contributed by atoms with van der Waals surface area (Å²) in [4.78, 5) is 0. The van der Waals surface area contributed by atoms with Gasteiger partial charge in [0.05, 0.1) is 5.69 Å². The maximum atomic E-state index is 5.50. The van der Waals surface area contributed by atoms with Crippen LogP contribution in [0.25, 0.3) is 5.69 Å². The quantitative estimate of drug-likeness (QED) is 0.857. The molecule has 0 aliphatic heterocycles. The van der Waals surface area contributed by atoms with Gasteiger partial charge in [0.1, 0.15) is 0 Å². The average Bonchev–Trinajstić information content (AvgIpc) is 2.73. The van der Waals surface area contributed by atoms with Gasteiger partial charge in [0.2, 0.25) is 0 Å². The predicted molar refractivity (Wildman–Crippen MR) is 66.0 cm³/mol. The molecule has 0 saturated heterocycles. The number of nitrogens with two attached hydrogens (primary N) is 1. The van der Waals surface area contributed by atoms with Crippen molar-refractivity contribution >= 4 is 0 Å². The van der Waals surface area contributed by atoms with E-state index < -0.39 is 0 Å². The van der Waals surface area contributed by atoms with Crippen LogP contribution in [0, 0.1) is 13.8 Å². The molecular weight excluding hydrogens is 214 g/mol. The standard InChI is InChI=1S/C12H17N5/c1-9-6-10(2)8-11(7-9)17-12(4-3-5-13)14-15-16-17/h6-8H,3-5,13H2,1-2H3. The van der Waals surface area contributed by atoms with Crippen LogP contribution in [0.3, 0.4) is 0 Å².